The second-order valence-corrected chi connectivity index (χ2v) is 6.22. The number of aryl methyl sites for hydroxylation is 1. The van der Waals surface area contributed by atoms with Crippen molar-refractivity contribution in [3.63, 3.8) is 0 Å². The van der Waals surface area contributed by atoms with Crippen molar-refractivity contribution in [1.29, 1.82) is 0 Å². The minimum Gasteiger partial charge on any atom is -0.472 e. The van der Waals surface area contributed by atoms with Crippen LogP contribution in [0.3, 0.4) is 0 Å². The molecule has 3 aromatic rings. The third-order valence-electron chi connectivity index (χ3n) is 4.33. The number of hydrogen-bond donors (Lipinski definition) is 0. The standard InChI is InChI=1S/C19H19N5O2/c1-14-20-9-6-18(22-14)26-17-7-11-23(13-17)19(25)15-4-2-5-16(12-15)24-10-3-8-21-24/h2-6,8-10,12,17H,7,11,13H2,1H3/t17-/m0/s1. The van der Waals surface area contributed by atoms with Gasteiger partial charge in [0.15, 0.2) is 0 Å². The van der Waals surface area contributed by atoms with Gasteiger partial charge in [0.2, 0.25) is 5.88 Å². The second-order valence-electron chi connectivity index (χ2n) is 6.22. The van der Waals surface area contributed by atoms with Crippen LogP contribution in [-0.2, 0) is 0 Å². The number of aromatic nitrogens is 4. The molecule has 1 aliphatic rings. The highest BCUT2D eigenvalue weighted by Gasteiger charge is 2.28. The quantitative estimate of drug-likeness (QED) is 0.722. The molecule has 0 unspecified atom stereocenters. The monoisotopic (exact) mass is 349 g/mol. The van der Waals surface area contributed by atoms with Crippen LogP contribution in [0.5, 0.6) is 5.88 Å². The maximum Gasteiger partial charge on any atom is 0.254 e. The topological polar surface area (TPSA) is 73.1 Å². The van der Waals surface area contributed by atoms with E-state index in [4.69, 9.17) is 4.74 Å². The second kappa shape index (κ2) is 6.95. The Balaban J connectivity index is 1.44. The van der Waals surface area contributed by atoms with Crippen LogP contribution in [0.4, 0.5) is 0 Å². The third-order valence-corrected chi connectivity index (χ3v) is 4.33. The van der Waals surface area contributed by atoms with Gasteiger partial charge in [-0.25, -0.2) is 9.67 Å². The number of amides is 1. The van der Waals surface area contributed by atoms with E-state index in [1.165, 1.54) is 0 Å². The highest BCUT2D eigenvalue weighted by molar-refractivity contribution is 5.95. The zero-order valence-corrected chi connectivity index (χ0v) is 14.4. The molecule has 0 aliphatic carbocycles. The van der Waals surface area contributed by atoms with Crippen molar-refractivity contribution in [2.75, 3.05) is 13.1 Å². The summed E-state index contributed by atoms with van der Waals surface area (Å²) in [6.07, 6.45) is 5.98. The van der Waals surface area contributed by atoms with Crippen LogP contribution in [0.1, 0.15) is 22.6 Å². The summed E-state index contributed by atoms with van der Waals surface area (Å²) in [5.74, 6) is 1.23. The fourth-order valence-electron chi connectivity index (χ4n) is 3.07. The first kappa shape index (κ1) is 16.3. The molecule has 0 spiro atoms. The fourth-order valence-corrected chi connectivity index (χ4v) is 3.07. The molecular formula is C19H19N5O2. The van der Waals surface area contributed by atoms with Gasteiger partial charge in [-0.1, -0.05) is 6.07 Å². The first-order chi connectivity index (χ1) is 12.7. The molecule has 26 heavy (non-hydrogen) atoms. The van der Waals surface area contributed by atoms with Gasteiger partial charge >= 0.3 is 0 Å². The Morgan fingerprint density at radius 3 is 2.96 bits per heavy atom. The normalized spacial score (nSPS) is 16.7. The van der Waals surface area contributed by atoms with Crippen molar-refractivity contribution in [3.8, 4) is 11.6 Å². The summed E-state index contributed by atoms with van der Waals surface area (Å²) < 4.78 is 7.64. The molecule has 1 aromatic carbocycles. The first-order valence-corrected chi connectivity index (χ1v) is 8.55. The average molecular weight is 349 g/mol. The molecule has 1 amide bonds. The maximum atomic E-state index is 12.8. The highest BCUT2D eigenvalue weighted by atomic mass is 16.5. The van der Waals surface area contributed by atoms with Crippen molar-refractivity contribution in [1.82, 2.24) is 24.6 Å². The Labute approximate surface area is 151 Å². The molecule has 2 aromatic heterocycles. The molecule has 1 fully saturated rings. The zero-order valence-electron chi connectivity index (χ0n) is 14.4. The molecule has 1 atom stereocenters. The Morgan fingerprint density at radius 1 is 1.23 bits per heavy atom. The lowest BCUT2D eigenvalue weighted by molar-refractivity contribution is 0.0771. The first-order valence-electron chi connectivity index (χ1n) is 8.55. The number of carbonyl (C=O) groups is 1. The van der Waals surface area contributed by atoms with Crippen LogP contribution in [0.25, 0.3) is 5.69 Å². The van der Waals surface area contributed by atoms with Crippen molar-refractivity contribution in [2.24, 2.45) is 0 Å². The van der Waals surface area contributed by atoms with Gasteiger partial charge in [-0.05, 0) is 31.2 Å². The molecule has 0 saturated carbocycles. The summed E-state index contributed by atoms with van der Waals surface area (Å²) in [6.45, 7) is 3.04. The molecule has 0 N–H and O–H groups in total. The minimum absolute atomic E-state index is 0.00368. The highest BCUT2D eigenvalue weighted by Crippen LogP contribution is 2.19. The number of benzene rings is 1. The van der Waals surface area contributed by atoms with E-state index in [9.17, 15) is 4.79 Å². The van der Waals surface area contributed by atoms with Gasteiger partial charge in [-0.15, -0.1) is 0 Å². The Morgan fingerprint density at radius 2 is 2.15 bits per heavy atom. The number of ether oxygens (including phenoxy) is 1. The Bertz CT molecular complexity index is 910. The number of nitrogens with zero attached hydrogens (tertiary/aromatic N) is 5. The molecule has 7 heteroatoms. The van der Waals surface area contributed by atoms with Crippen LogP contribution < -0.4 is 4.74 Å². The van der Waals surface area contributed by atoms with E-state index in [1.54, 1.807) is 23.1 Å². The Kier molecular flexibility index (Phi) is 4.35. The van der Waals surface area contributed by atoms with Gasteiger partial charge < -0.3 is 9.64 Å². The summed E-state index contributed by atoms with van der Waals surface area (Å²) in [6, 6.07) is 11.1. The minimum atomic E-state index is -0.0532. The summed E-state index contributed by atoms with van der Waals surface area (Å²) in [5.41, 5.74) is 1.51. The van der Waals surface area contributed by atoms with Gasteiger partial charge in [0, 0.05) is 43.2 Å². The predicted octanol–water partition coefficient (Wildman–Crippen LogP) is 2.26. The molecular weight excluding hydrogens is 330 g/mol. The fraction of sp³-hybridized carbons (Fsp3) is 0.263. The van der Waals surface area contributed by atoms with Gasteiger partial charge in [-0.3, -0.25) is 4.79 Å². The smallest absolute Gasteiger partial charge is 0.254 e. The molecule has 0 radical (unpaired) electrons. The van der Waals surface area contributed by atoms with Gasteiger partial charge in [0.05, 0.1) is 12.2 Å². The van der Waals surface area contributed by atoms with Crippen LogP contribution in [-0.4, -0.2) is 49.7 Å². The molecule has 7 nitrogen and oxygen atoms in total. The summed E-state index contributed by atoms with van der Waals surface area (Å²) in [7, 11) is 0. The van der Waals surface area contributed by atoms with Gasteiger partial charge in [0.25, 0.3) is 5.91 Å². The predicted molar refractivity (Wildman–Crippen MR) is 95.3 cm³/mol. The number of likely N-dealkylation sites (tertiary alicyclic amines) is 1. The van der Waals surface area contributed by atoms with Crippen molar-refractivity contribution < 1.29 is 9.53 Å². The van der Waals surface area contributed by atoms with E-state index < -0.39 is 0 Å². The lowest BCUT2D eigenvalue weighted by Crippen LogP contribution is -2.31. The van der Waals surface area contributed by atoms with Crippen molar-refractivity contribution in [2.45, 2.75) is 19.4 Å². The van der Waals surface area contributed by atoms with E-state index in [0.29, 0.717) is 30.4 Å². The molecule has 4 rings (SSSR count). The summed E-state index contributed by atoms with van der Waals surface area (Å²) in [5, 5.41) is 4.21. The van der Waals surface area contributed by atoms with E-state index in [1.807, 2.05) is 48.4 Å². The van der Waals surface area contributed by atoms with E-state index in [2.05, 4.69) is 15.1 Å². The third kappa shape index (κ3) is 3.42. The number of hydrogen-bond acceptors (Lipinski definition) is 5. The average Bonchev–Trinajstić information content (AvgIpc) is 3.33. The molecule has 132 valence electrons. The summed E-state index contributed by atoms with van der Waals surface area (Å²) in [4.78, 5) is 23.0. The van der Waals surface area contributed by atoms with Gasteiger partial charge in [0.1, 0.15) is 11.9 Å². The van der Waals surface area contributed by atoms with E-state index in [-0.39, 0.29) is 12.0 Å². The molecule has 3 heterocycles. The number of carbonyl (C=O) groups excluding carboxylic acids is 1. The van der Waals surface area contributed by atoms with Crippen molar-refractivity contribution in [3.05, 3.63) is 66.4 Å². The van der Waals surface area contributed by atoms with Crippen LogP contribution in [0.2, 0.25) is 0 Å². The van der Waals surface area contributed by atoms with E-state index in [0.717, 1.165) is 12.1 Å². The Hall–Kier alpha value is -3.22. The van der Waals surface area contributed by atoms with Crippen LogP contribution >= 0.6 is 0 Å². The lowest BCUT2D eigenvalue weighted by Gasteiger charge is -2.17. The molecule has 1 aliphatic heterocycles. The van der Waals surface area contributed by atoms with Gasteiger partial charge in [-0.2, -0.15) is 10.1 Å². The lowest BCUT2D eigenvalue weighted by atomic mass is 10.2. The van der Waals surface area contributed by atoms with Crippen molar-refractivity contribution >= 4 is 5.91 Å². The number of rotatable bonds is 4. The van der Waals surface area contributed by atoms with Crippen LogP contribution in [0.15, 0.2) is 55.0 Å². The largest absolute Gasteiger partial charge is 0.472 e. The zero-order chi connectivity index (χ0) is 17.9. The van der Waals surface area contributed by atoms with Crippen LogP contribution in [0, 0.1) is 6.92 Å². The maximum absolute atomic E-state index is 12.8. The molecule has 1 saturated heterocycles. The summed E-state index contributed by atoms with van der Waals surface area (Å²) >= 11 is 0. The van der Waals surface area contributed by atoms with E-state index >= 15 is 0 Å². The SMILES string of the molecule is Cc1nccc(O[C@H]2CCN(C(=O)c3cccc(-n4cccn4)c3)C2)n1. The molecule has 0 bridgehead atoms.